The summed E-state index contributed by atoms with van der Waals surface area (Å²) in [5.41, 5.74) is 0. The number of aromatic nitrogens is 4. The summed E-state index contributed by atoms with van der Waals surface area (Å²) in [7, 11) is 0. The van der Waals surface area contributed by atoms with Gasteiger partial charge in [-0.05, 0) is 23.8 Å². The molecule has 1 atom stereocenters. The second-order valence-corrected chi connectivity index (χ2v) is 4.57. The average molecular weight is 225 g/mol. The van der Waals surface area contributed by atoms with E-state index in [9.17, 15) is 0 Å². The van der Waals surface area contributed by atoms with Gasteiger partial charge in [-0.25, -0.2) is 4.68 Å². The minimum atomic E-state index is 0.388. The maximum atomic E-state index is 4.06. The van der Waals surface area contributed by atoms with E-state index < -0.39 is 0 Å². The molecule has 92 valence electrons. The topological polar surface area (TPSA) is 55.6 Å². The Bertz CT molecular complexity index is 294. The number of nitrogens with zero attached hydrogens (tertiary/aromatic N) is 4. The largest absolute Gasteiger partial charge is 0.308 e. The quantitative estimate of drug-likeness (QED) is 0.770. The molecule has 0 fully saturated rings. The molecule has 0 saturated carbocycles. The first-order valence-electron chi connectivity index (χ1n) is 6.15. The number of unbranched alkanes of at least 4 members (excludes halogenated alkanes) is 1. The van der Waals surface area contributed by atoms with Crippen molar-refractivity contribution in [3.8, 4) is 0 Å². The van der Waals surface area contributed by atoms with Crippen LogP contribution in [0.25, 0.3) is 0 Å². The Morgan fingerprint density at radius 3 is 2.69 bits per heavy atom. The zero-order chi connectivity index (χ0) is 12.0. The van der Waals surface area contributed by atoms with Gasteiger partial charge in [0.05, 0.1) is 12.6 Å². The first-order chi connectivity index (χ1) is 7.65. The van der Waals surface area contributed by atoms with Gasteiger partial charge in [-0.2, -0.15) is 0 Å². The number of nitrogens with one attached hydrogen (secondary N) is 1. The van der Waals surface area contributed by atoms with E-state index in [2.05, 4.69) is 48.5 Å². The number of tetrazole rings is 1. The lowest BCUT2D eigenvalue weighted by Gasteiger charge is -2.14. The first kappa shape index (κ1) is 13.1. The van der Waals surface area contributed by atoms with Crippen molar-refractivity contribution in [1.29, 1.82) is 0 Å². The first-order valence-corrected chi connectivity index (χ1v) is 6.15. The summed E-state index contributed by atoms with van der Waals surface area (Å²) in [5.74, 6) is 0.928. The Morgan fingerprint density at radius 2 is 2.06 bits per heavy atom. The Labute approximate surface area is 97.6 Å². The van der Waals surface area contributed by atoms with Crippen molar-refractivity contribution < 1.29 is 0 Å². The van der Waals surface area contributed by atoms with E-state index in [-0.39, 0.29) is 0 Å². The molecular formula is C11H23N5. The van der Waals surface area contributed by atoms with Gasteiger partial charge < -0.3 is 5.32 Å². The van der Waals surface area contributed by atoms with E-state index in [0.717, 1.165) is 18.8 Å². The Hall–Kier alpha value is -0.970. The highest BCUT2D eigenvalue weighted by atomic mass is 15.6. The van der Waals surface area contributed by atoms with Gasteiger partial charge >= 0.3 is 0 Å². The molecule has 0 amide bonds. The van der Waals surface area contributed by atoms with Crippen LogP contribution in [0, 0.1) is 0 Å². The maximum absolute atomic E-state index is 4.06. The number of hydrogen-bond donors (Lipinski definition) is 1. The van der Waals surface area contributed by atoms with Gasteiger partial charge in [-0.1, -0.05) is 33.6 Å². The molecule has 0 aliphatic carbocycles. The van der Waals surface area contributed by atoms with Gasteiger partial charge in [-0.3, -0.25) is 0 Å². The van der Waals surface area contributed by atoms with Gasteiger partial charge in [0.15, 0.2) is 5.82 Å². The summed E-state index contributed by atoms with van der Waals surface area (Å²) in [5, 5.41) is 15.2. The third-order valence-corrected chi connectivity index (χ3v) is 2.62. The molecule has 1 aromatic rings. The molecule has 1 rings (SSSR count). The zero-order valence-corrected chi connectivity index (χ0v) is 10.8. The molecule has 16 heavy (non-hydrogen) atoms. The van der Waals surface area contributed by atoms with Gasteiger partial charge in [0.1, 0.15) is 0 Å². The van der Waals surface area contributed by atoms with Gasteiger partial charge in [0.25, 0.3) is 0 Å². The van der Waals surface area contributed by atoms with E-state index in [1.54, 1.807) is 0 Å². The van der Waals surface area contributed by atoms with Crippen LogP contribution >= 0.6 is 0 Å². The fourth-order valence-corrected chi connectivity index (χ4v) is 1.59. The van der Waals surface area contributed by atoms with Crippen molar-refractivity contribution in [2.24, 2.45) is 0 Å². The van der Waals surface area contributed by atoms with Gasteiger partial charge in [0.2, 0.25) is 0 Å². The molecule has 0 spiro atoms. The minimum Gasteiger partial charge on any atom is -0.308 e. The molecular weight excluding hydrogens is 202 g/mol. The van der Waals surface area contributed by atoms with Crippen LogP contribution in [0.4, 0.5) is 0 Å². The number of hydrogen-bond acceptors (Lipinski definition) is 4. The second-order valence-electron chi connectivity index (χ2n) is 4.57. The van der Waals surface area contributed by atoms with Crippen LogP contribution in [0.15, 0.2) is 0 Å². The monoisotopic (exact) mass is 225 g/mol. The molecule has 1 N–H and O–H groups in total. The fourth-order valence-electron chi connectivity index (χ4n) is 1.59. The highest BCUT2D eigenvalue weighted by Crippen LogP contribution is 2.13. The Kier molecular flexibility index (Phi) is 5.38. The van der Waals surface area contributed by atoms with Crippen molar-refractivity contribution in [1.82, 2.24) is 25.5 Å². The highest BCUT2D eigenvalue weighted by molar-refractivity contribution is 4.83. The predicted molar refractivity (Wildman–Crippen MR) is 64.0 cm³/mol. The normalized spacial score (nSPS) is 13.3. The summed E-state index contributed by atoms with van der Waals surface area (Å²) in [4.78, 5) is 0. The average Bonchev–Trinajstić information content (AvgIpc) is 2.71. The highest BCUT2D eigenvalue weighted by Gasteiger charge is 2.12. The fraction of sp³-hybridized carbons (Fsp3) is 0.909. The van der Waals surface area contributed by atoms with Crippen LogP contribution in [-0.4, -0.2) is 26.2 Å². The van der Waals surface area contributed by atoms with Crippen LogP contribution < -0.4 is 5.32 Å². The van der Waals surface area contributed by atoms with E-state index >= 15 is 0 Å². The predicted octanol–water partition coefficient (Wildman–Crippen LogP) is 1.92. The van der Waals surface area contributed by atoms with Crippen LogP contribution in [0.5, 0.6) is 0 Å². The number of rotatable bonds is 7. The Morgan fingerprint density at radius 1 is 1.31 bits per heavy atom. The van der Waals surface area contributed by atoms with Crippen molar-refractivity contribution in [2.75, 3.05) is 0 Å². The van der Waals surface area contributed by atoms with Crippen molar-refractivity contribution >= 4 is 0 Å². The molecule has 5 heteroatoms. The zero-order valence-electron chi connectivity index (χ0n) is 10.8. The summed E-state index contributed by atoms with van der Waals surface area (Å²) in [6.07, 6.45) is 3.57. The third-order valence-electron chi connectivity index (χ3n) is 2.62. The van der Waals surface area contributed by atoms with Crippen molar-refractivity contribution in [3.05, 3.63) is 5.82 Å². The molecule has 0 aromatic carbocycles. The lowest BCUT2D eigenvalue weighted by atomic mass is 10.1. The molecule has 0 bridgehead atoms. The maximum Gasteiger partial charge on any atom is 0.165 e. The second kappa shape index (κ2) is 6.58. The van der Waals surface area contributed by atoms with Crippen LogP contribution in [0.3, 0.4) is 0 Å². The van der Waals surface area contributed by atoms with Crippen LogP contribution in [0.2, 0.25) is 0 Å². The smallest absolute Gasteiger partial charge is 0.165 e. The third kappa shape index (κ3) is 3.89. The van der Waals surface area contributed by atoms with Gasteiger partial charge in [-0.15, -0.1) is 5.10 Å². The summed E-state index contributed by atoms with van der Waals surface area (Å²) >= 11 is 0. The summed E-state index contributed by atoms with van der Waals surface area (Å²) < 4.78 is 1.94. The lowest BCUT2D eigenvalue weighted by Crippen LogP contribution is -2.25. The van der Waals surface area contributed by atoms with Gasteiger partial charge in [0, 0.05) is 6.04 Å². The molecule has 1 aromatic heterocycles. The summed E-state index contributed by atoms with van der Waals surface area (Å²) in [6.45, 7) is 9.35. The van der Waals surface area contributed by atoms with Crippen LogP contribution in [0.1, 0.15) is 58.8 Å². The molecule has 1 heterocycles. The SMILES string of the molecule is CCCCC(C)n1nnnc1CNC(C)C. The molecule has 0 saturated heterocycles. The van der Waals surface area contributed by atoms with E-state index in [1.165, 1.54) is 12.8 Å². The van der Waals surface area contributed by atoms with E-state index in [0.29, 0.717) is 12.1 Å². The molecule has 1 unspecified atom stereocenters. The van der Waals surface area contributed by atoms with E-state index in [4.69, 9.17) is 0 Å². The van der Waals surface area contributed by atoms with Crippen molar-refractivity contribution in [2.45, 2.75) is 65.6 Å². The molecule has 5 nitrogen and oxygen atoms in total. The summed E-state index contributed by atoms with van der Waals surface area (Å²) in [6, 6.07) is 0.843. The molecule has 0 aliphatic rings. The molecule has 0 radical (unpaired) electrons. The Balaban J connectivity index is 2.55. The standard InChI is InChI=1S/C11H23N5/c1-5-6-7-10(4)16-11(13-14-15-16)8-12-9(2)3/h9-10,12H,5-8H2,1-4H3. The van der Waals surface area contributed by atoms with Crippen LogP contribution in [-0.2, 0) is 6.54 Å². The molecule has 0 aliphatic heterocycles. The van der Waals surface area contributed by atoms with E-state index in [1.807, 2.05) is 4.68 Å². The minimum absolute atomic E-state index is 0.388. The van der Waals surface area contributed by atoms with Crippen molar-refractivity contribution in [3.63, 3.8) is 0 Å². The lowest BCUT2D eigenvalue weighted by molar-refractivity contribution is 0.411.